The first kappa shape index (κ1) is 26.8. The number of hydrogen-bond acceptors (Lipinski definition) is 7. The van der Waals surface area contributed by atoms with Gasteiger partial charge < -0.3 is 24.7 Å². The highest BCUT2D eigenvalue weighted by Gasteiger charge is 2.41. The second kappa shape index (κ2) is 11.5. The zero-order chi connectivity index (χ0) is 28.2. The number of hydrogen-bond donors (Lipinski definition) is 2. The van der Waals surface area contributed by atoms with Crippen LogP contribution in [-0.4, -0.2) is 39.5 Å². The van der Waals surface area contributed by atoms with Crippen molar-refractivity contribution >= 4 is 34.6 Å². The standard InChI is InChI=1S/C28H24FN5O5S/c1-38-24-16-17(34(36)37)9-10-18(24)22-11-12-23(39-22)27-26(21-8-4-5-14-30-21)32-28(40)33(27)15-13-25(35)31-20-7-3-2-6-19(20)29/h2-12,14,16,26-27H,13,15H2,1H3,(H,31,35)(H,32,40)/t26-,27-/m0/s1. The summed E-state index contributed by atoms with van der Waals surface area (Å²) in [7, 11) is 1.43. The number of nitrogens with one attached hydrogen (secondary N) is 2. The van der Waals surface area contributed by atoms with Gasteiger partial charge >= 0.3 is 0 Å². The maximum Gasteiger partial charge on any atom is 0.273 e. The molecule has 2 aromatic carbocycles. The van der Waals surface area contributed by atoms with Crippen molar-refractivity contribution in [2.45, 2.75) is 18.5 Å². The Morgan fingerprint density at radius 2 is 2.00 bits per heavy atom. The van der Waals surface area contributed by atoms with Crippen molar-refractivity contribution in [1.82, 2.24) is 15.2 Å². The topological polar surface area (TPSA) is 123 Å². The molecule has 1 saturated heterocycles. The van der Waals surface area contributed by atoms with E-state index in [0.717, 1.165) is 5.69 Å². The van der Waals surface area contributed by atoms with Crippen LogP contribution in [0.3, 0.4) is 0 Å². The largest absolute Gasteiger partial charge is 0.496 e. The fraction of sp³-hybridized carbons (Fsp3) is 0.179. The highest BCUT2D eigenvalue weighted by molar-refractivity contribution is 7.80. The number of halogens is 1. The van der Waals surface area contributed by atoms with E-state index in [1.54, 1.807) is 36.5 Å². The van der Waals surface area contributed by atoms with E-state index in [9.17, 15) is 19.3 Å². The number of carbonyl (C=O) groups excluding carboxylic acids is 1. The van der Waals surface area contributed by atoms with E-state index in [4.69, 9.17) is 21.4 Å². The average molecular weight is 562 g/mol. The number of anilines is 1. The van der Waals surface area contributed by atoms with Crippen LogP contribution in [0.15, 0.2) is 83.4 Å². The highest BCUT2D eigenvalue weighted by Crippen LogP contribution is 2.42. The van der Waals surface area contributed by atoms with Crippen LogP contribution in [-0.2, 0) is 4.79 Å². The molecule has 2 atom stereocenters. The minimum absolute atomic E-state index is 0.0331. The van der Waals surface area contributed by atoms with E-state index in [1.165, 1.54) is 31.4 Å². The second-order valence-electron chi connectivity index (χ2n) is 8.94. The number of thiocarbonyl (C=S) groups is 1. The Kier molecular flexibility index (Phi) is 7.69. The van der Waals surface area contributed by atoms with Gasteiger partial charge in [0, 0.05) is 25.2 Å². The third-order valence-electron chi connectivity index (χ3n) is 6.51. The smallest absolute Gasteiger partial charge is 0.273 e. The molecular weight excluding hydrogens is 537 g/mol. The Morgan fingerprint density at radius 1 is 1.20 bits per heavy atom. The van der Waals surface area contributed by atoms with Gasteiger partial charge in [0.2, 0.25) is 5.91 Å². The first-order valence-corrected chi connectivity index (χ1v) is 12.7. The van der Waals surface area contributed by atoms with E-state index in [0.29, 0.717) is 22.2 Å². The van der Waals surface area contributed by atoms with Gasteiger partial charge in [-0.1, -0.05) is 18.2 Å². The van der Waals surface area contributed by atoms with Crippen molar-refractivity contribution in [3.05, 3.63) is 106 Å². The molecule has 204 valence electrons. The van der Waals surface area contributed by atoms with Crippen LogP contribution < -0.4 is 15.4 Å². The van der Waals surface area contributed by atoms with Gasteiger partial charge in [-0.05, 0) is 54.7 Å². The van der Waals surface area contributed by atoms with Gasteiger partial charge in [0.1, 0.15) is 29.1 Å². The zero-order valence-electron chi connectivity index (χ0n) is 21.2. The molecule has 1 aliphatic heterocycles. The fourth-order valence-corrected chi connectivity index (χ4v) is 4.94. The minimum atomic E-state index is -0.521. The molecule has 1 fully saturated rings. The molecule has 12 heteroatoms. The summed E-state index contributed by atoms with van der Waals surface area (Å²) in [4.78, 5) is 29.7. The van der Waals surface area contributed by atoms with Crippen molar-refractivity contribution in [3.8, 4) is 17.1 Å². The zero-order valence-corrected chi connectivity index (χ0v) is 22.1. The van der Waals surface area contributed by atoms with E-state index in [-0.39, 0.29) is 42.0 Å². The molecule has 0 radical (unpaired) electrons. The summed E-state index contributed by atoms with van der Waals surface area (Å²) in [5.74, 6) is 0.374. The molecule has 0 spiro atoms. The fourth-order valence-electron chi connectivity index (χ4n) is 4.61. The summed E-state index contributed by atoms with van der Waals surface area (Å²) in [6.07, 6.45) is 1.71. The number of nitro groups is 1. The molecule has 2 aromatic heterocycles. The lowest BCUT2D eigenvalue weighted by Gasteiger charge is -2.25. The number of non-ortho nitro benzene ring substituents is 1. The third-order valence-corrected chi connectivity index (χ3v) is 6.86. The number of para-hydroxylation sites is 1. The Hall–Kier alpha value is -4.84. The number of carbonyl (C=O) groups is 1. The Balaban J connectivity index is 1.43. The Bertz CT molecular complexity index is 1560. The van der Waals surface area contributed by atoms with Crippen molar-refractivity contribution in [3.63, 3.8) is 0 Å². The number of nitro benzene ring substituents is 1. The molecule has 3 heterocycles. The Morgan fingerprint density at radius 3 is 2.73 bits per heavy atom. The maximum atomic E-state index is 14.0. The lowest BCUT2D eigenvalue weighted by molar-refractivity contribution is -0.384. The number of rotatable bonds is 9. The second-order valence-corrected chi connectivity index (χ2v) is 9.33. The van der Waals surface area contributed by atoms with Gasteiger partial charge in [-0.25, -0.2) is 4.39 Å². The summed E-state index contributed by atoms with van der Waals surface area (Å²) in [6, 6.07) is 18.5. The molecule has 5 rings (SSSR count). The van der Waals surface area contributed by atoms with Crippen molar-refractivity contribution < 1.29 is 23.3 Å². The molecule has 1 aliphatic rings. The lowest BCUT2D eigenvalue weighted by atomic mass is 10.0. The Labute approximate surface area is 233 Å². The van der Waals surface area contributed by atoms with Crippen LogP contribution in [0.1, 0.15) is 30.0 Å². The van der Waals surface area contributed by atoms with Crippen LogP contribution >= 0.6 is 12.2 Å². The van der Waals surface area contributed by atoms with Gasteiger partial charge in [-0.15, -0.1) is 0 Å². The number of ether oxygens (including phenoxy) is 1. The van der Waals surface area contributed by atoms with Crippen molar-refractivity contribution in [2.75, 3.05) is 19.0 Å². The number of nitrogens with zero attached hydrogens (tertiary/aromatic N) is 3. The SMILES string of the molecule is COc1cc([N+](=O)[O-])ccc1-c1ccc([C@H]2[C@H](c3ccccn3)NC(=S)N2CCC(=O)Nc2ccccc2F)o1. The molecule has 2 N–H and O–H groups in total. The molecule has 0 bridgehead atoms. The van der Waals surface area contributed by atoms with E-state index in [2.05, 4.69) is 15.6 Å². The monoisotopic (exact) mass is 561 g/mol. The van der Waals surface area contributed by atoms with Crippen molar-refractivity contribution in [2.24, 2.45) is 0 Å². The van der Waals surface area contributed by atoms with E-state index < -0.39 is 16.8 Å². The van der Waals surface area contributed by atoms with Crippen LogP contribution in [0.2, 0.25) is 0 Å². The van der Waals surface area contributed by atoms with Gasteiger partial charge in [-0.3, -0.25) is 19.9 Å². The quantitative estimate of drug-likeness (QED) is 0.157. The molecule has 10 nitrogen and oxygen atoms in total. The summed E-state index contributed by atoms with van der Waals surface area (Å²) < 4.78 is 25.7. The summed E-state index contributed by atoms with van der Waals surface area (Å²) in [6.45, 7) is 0.219. The summed E-state index contributed by atoms with van der Waals surface area (Å²) in [5.41, 5.74) is 1.26. The molecule has 0 saturated carbocycles. The third kappa shape index (κ3) is 5.47. The summed E-state index contributed by atoms with van der Waals surface area (Å²) >= 11 is 5.65. The van der Waals surface area contributed by atoms with E-state index >= 15 is 0 Å². The van der Waals surface area contributed by atoms with Crippen molar-refractivity contribution in [1.29, 1.82) is 0 Å². The average Bonchev–Trinajstić information content (AvgIpc) is 3.57. The summed E-state index contributed by atoms with van der Waals surface area (Å²) in [5, 5.41) is 17.5. The molecule has 1 amide bonds. The number of aromatic nitrogens is 1. The van der Waals surface area contributed by atoms with Crippen LogP contribution in [0.25, 0.3) is 11.3 Å². The van der Waals surface area contributed by atoms with Crippen LogP contribution in [0.4, 0.5) is 15.8 Å². The number of amides is 1. The first-order chi connectivity index (χ1) is 19.4. The van der Waals surface area contributed by atoms with Crippen LogP contribution in [0.5, 0.6) is 5.75 Å². The predicted octanol–water partition coefficient (Wildman–Crippen LogP) is 5.40. The molecule has 0 unspecified atom stereocenters. The predicted molar refractivity (Wildman–Crippen MR) is 149 cm³/mol. The maximum absolute atomic E-state index is 14.0. The number of benzene rings is 2. The molecular formula is C28H24FN5O5S. The van der Waals surface area contributed by atoms with Gasteiger partial charge in [0.25, 0.3) is 5.69 Å². The number of pyridine rings is 1. The van der Waals surface area contributed by atoms with Crippen LogP contribution in [0, 0.1) is 15.9 Å². The van der Waals surface area contributed by atoms with Gasteiger partial charge in [-0.2, -0.15) is 0 Å². The lowest BCUT2D eigenvalue weighted by Crippen LogP contribution is -2.32. The molecule has 40 heavy (non-hydrogen) atoms. The number of methoxy groups -OCH3 is 1. The van der Waals surface area contributed by atoms with Gasteiger partial charge in [0.15, 0.2) is 5.11 Å². The molecule has 4 aromatic rings. The molecule has 0 aliphatic carbocycles. The number of furan rings is 1. The highest BCUT2D eigenvalue weighted by atomic mass is 32.1. The van der Waals surface area contributed by atoms with Gasteiger partial charge in [0.05, 0.1) is 41.1 Å². The minimum Gasteiger partial charge on any atom is -0.496 e. The normalized spacial score (nSPS) is 16.4. The first-order valence-electron chi connectivity index (χ1n) is 12.3. The van der Waals surface area contributed by atoms with E-state index in [1.807, 2.05) is 23.1 Å².